The number of benzene rings is 2. The lowest BCUT2D eigenvalue weighted by Crippen LogP contribution is -2.48. The molecule has 2 atom stereocenters. The van der Waals surface area contributed by atoms with E-state index in [1.165, 1.54) is 0 Å². The van der Waals surface area contributed by atoms with E-state index < -0.39 is 49.1 Å². The van der Waals surface area contributed by atoms with Crippen molar-refractivity contribution < 1.29 is 37.4 Å². The van der Waals surface area contributed by atoms with Crippen molar-refractivity contribution in [2.45, 2.75) is 50.4 Å². The number of ether oxygens (including phenoxy) is 1. The predicted octanol–water partition coefficient (Wildman–Crippen LogP) is 4.22. The van der Waals surface area contributed by atoms with Gasteiger partial charge < -0.3 is 20.5 Å². The number of alkyl halides is 3. The van der Waals surface area contributed by atoms with Crippen LogP contribution < -0.4 is 10.6 Å². The number of halogens is 3. The highest BCUT2D eigenvalue weighted by molar-refractivity contribution is 5.80. The van der Waals surface area contributed by atoms with Gasteiger partial charge in [-0.2, -0.15) is 13.2 Å². The number of aliphatic carboxylic acids is 1. The Bertz CT molecular complexity index is 1010. The maximum atomic E-state index is 13.0. The SMILES string of the molecule is CC[C@H](CC(=O)NC(CC(=O)O)C(F)(F)F)NC(=O)OCC1c2ccccc2-c2ccccc21. The van der Waals surface area contributed by atoms with E-state index in [-0.39, 0.29) is 18.9 Å². The van der Waals surface area contributed by atoms with Crippen molar-refractivity contribution in [3.8, 4) is 11.1 Å². The smallest absolute Gasteiger partial charge is 0.409 e. The van der Waals surface area contributed by atoms with E-state index in [1.807, 2.05) is 48.5 Å². The first-order valence-corrected chi connectivity index (χ1v) is 10.8. The summed E-state index contributed by atoms with van der Waals surface area (Å²) in [5, 5.41) is 12.8. The second-order valence-corrected chi connectivity index (χ2v) is 8.04. The molecule has 182 valence electrons. The molecule has 3 rings (SSSR count). The van der Waals surface area contributed by atoms with Gasteiger partial charge in [-0.05, 0) is 28.7 Å². The summed E-state index contributed by atoms with van der Waals surface area (Å²) in [5.74, 6) is -2.87. The van der Waals surface area contributed by atoms with E-state index in [0.29, 0.717) is 0 Å². The third kappa shape index (κ3) is 6.06. The Hall–Kier alpha value is -3.56. The van der Waals surface area contributed by atoms with Gasteiger partial charge in [0.05, 0.1) is 6.42 Å². The van der Waals surface area contributed by atoms with Gasteiger partial charge >= 0.3 is 18.2 Å². The van der Waals surface area contributed by atoms with Crippen molar-refractivity contribution in [1.29, 1.82) is 0 Å². The molecule has 0 bridgehead atoms. The summed E-state index contributed by atoms with van der Waals surface area (Å²) in [4.78, 5) is 35.1. The number of hydrogen-bond donors (Lipinski definition) is 3. The molecule has 34 heavy (non-hydrogen) atoms. The Morgan fingerprint density at radius 2 is 1.53 bits per heavy atom. The third-order valence-electron chi connectivity index (χ3n) is 5.70. The first-order chi connectivity index (χ1) is 16.1. The molecule has 3 N–H and O–H groups in total. The van der Waals surface area contributed by atoms with Gasteiger partial charge in [0, 0.05) is 18.4 Å². The molecule has 2 aromatic carbocycles. The Morgan fingerprint density at radius 1 is 0.971 bits per heavy atom. The Labute approximate surface area is 194 Å². The standard InChI is InChI=1S/C24H25F3N2O5/c1-2-14(11-21(30)29-20(12-22(31)32)24(25,26)27)28-23(33)34-13-19-17-9-5-3-7-15(17)16-8-4-6-10-18(16)19/h3-10,14,19-20H,2,11-13H2,1H3,(H,28,33)(H,29,30)(H,31,32)/t14-,20?/m1/s1. The van der Waals surface area contributed by atoms with Crippen LogP contribution in [0.1, 0.15) is 43.2 Å². The van der Waals surface area contributed by atoms with Gasteiger partial charge in [-0.1, -0.05) is 55.5 Å². The molecule has 0 heterocycles. The van der Waals surface area contributed by atoms with E-state index in [1.54, 1.807) is 12.2 Å². The average molecular weight is 478 g/mol. The molecule has 0 saturated carbocycles. The molecule has 10 heteroatoms. The zero-order valence-corrected chi connectivity index (χ0v) is 18.4. The first kappa shape index (κ1) is 25.1. The van der Waals surface area contributed by atoms with Gasteiger partial charge in [-0.25, -0.2) is 4.79 Å². The largest absolute Gasteiger partial charge is 0.481 e. The second kappa shape index (κ2) is 10.6. The third-order valence-corrected chi connectivity index (χ3v) is 5.70. The van der Waals surface area contributed by atoms with Crippen molar-refractivity contribution in [2.24, 2.45) is 0 Å². The van der Waals surface area contributed by atoms with E-state index in [2.05, 4.69) is 5.32 Å². The van der Waals surface area contributed by atoms with Gasteiger partial charge in [0.2, 0.25) is 5.91 Å². The number of nitrogens with one attached hydrogen (secondary N) is 2. The van der Waals surface area contributed by atoms with E-state index >= 15 is 0 Å². The fourth-order valence-corrected chi connectivity index (χ4v) is 4.00. The topological polar surface area (TPSA) is 105 Å². The van der Waals surface area contributed by atoms with Crippen LogP contribution in [0.4, 0.5) is 18.0 Å². The number of carbonyl (C=O) groups is 3. The van der Waals surface area contributed by atoms with Gasteiger partial charge in [0.15, 0.2) is 0 Å². The minimum absolute atomic E-state index is 0.0528. The molecule has 2 amide bonds. The monoisotopic (exact) mass is 478 g/mol. The van der Waals surface area contributed by atoms with Gasteiger partial charge in [0.1, 0.15) is 12.6 Å². The number of carboxylic acid groups (broad SMARTS) is 1. The first-order valence-electron chi connectivity index (χ1n) is 10.8. The van der Waals surface area contributed by atoms with Crippen molar-refractivity contribution in [3.63, 3.8) is 0 Å². The highest BCUT2D eigenvalue weighted by atomic mass is 19.4. The lowest BCUT2D eigenvalue weighted by Gasteiger charge is -2.22. The molecular formula is C24H25F3N2O5. The minimum atomic E-state index is -4.91. The van der Waals surface area contributed by atoms with Crippen LogP contribution in [0.5, 0.6) is 0 Å². The number of amides is 2. The summed E-state index contributed by atoms with van der Waals surface area (Å²) in [7, 11) is 0. The van der Waals surface area contributed by atoms with Crippen molar-refractivity contribution >= 4 is 18.0 Å². The van der Waals surface area contributed by atoms with Crippen LogP contribution in [-0.4, -0.2) is 47.9 Å². The Kier molecular flexibility index (Phi) is 7.80. The lowest BCUT2D eigenvalue weighted by molar-refractivity contribution is -0.170. The number of carbonyl (C=O) groups excluding carboxylic acids is 2. The fraction of sp³-hybridized carbons (Fsp3) is 0.375. The summed E-state index contributed by atoms with van der Waals surface area (Å²) in [6, 6.07) is 12.3. The number of fused-ring (bicyclic) bond motifs is 3. The Morgan fingerprint density at radius 3 is 2.03 bits per heavy atom. The maximum Gasteiger partial charge on any atom is 0.409 e. The van der Waals surface area contributed by atoms with E-state index in [9.17, 15) is 27.6 Å². The van der Waals surface area contributed by atoms with Crippen LogP contribution >= 0.6 is 0 Å². The van der Waals surface area contributed by atoms with Crippen LogP contribution in [0, 0.1) is 0 Å². The summed E-state index contributed by atoms with van der Waals surface area (Å²) in [6.45, 7) is 1.71. The number of alkyl carbamates (subject to hydrolysis) is 1. The number of hydrogen-bond acceptors (Lipinski definition) is 4. The Balaban J connectivity index is 1.57. The molecule has 1 aliphatic carbocycles. The lowest BCUT2D eigenvalue weighted by atomic mass is 9.98. The molecule has 0 aliphatic heterocycles. The average Bonchev–Trinajstić information content (AvgIpc) is 3.09. The fourth-order valence-electron chi connectivity index (χ4n) is 4.00. The highest BCUT2D eigenvalue weighted by Gasteiger charge is 2.42. The molecular weight excluding hydrogens is 453 g/mol. The predicted molar refractivity (Wildman–Crippen MR) is 117 cm³/mol. The molecule has 0 fully saturated rings. The van der Waals surface area contributed by atoms with E-state index in [0.717, 1.165) is 22.3 Å². The van der Waals surface area contributed by atoms with Crippen molar-refractivity contribution in [1.82, 2.24) is 10.6 Å². The highest BCUT2D eigenvalue weighted by Crippen LogP contribution is 2.44. The molecule has 2 aromatic rings. The molecule has 1 aliphatic rings. The van der Waals surface area contributed by atoms with Crippen molar-refractivity contribution in [2.75, 3.05) is 6.61 Å². The van der Waals surface area contributed by atoms with Gasteiger partial charge in [-0.15, -0.1) is 0 Å². The molecule has 1 unspecified atom stereocenters. The summed E-state index contributed by atoms with van der Waals surface area (Å²) in [6.07, 6.45) is -7.18. The zero-order valence-electron chi connectivity index (χ0n) is 18.4. The summed E-state index contributed by atoms with van der Waals surface area (Å²) >= 11 is 0. The van der Waals surface area contributed by atoms with Crippen LogP contribution in [-0.2, 0) is 14.3 Å². The molecule has 0 radical (unpaired) electrons. The second-order valence-electron chi connectivity index (χ2n) is 8.04. The quantitative estimate of drug-likeness (QED) is 0.501. The van der Waals surface area contributed by atoms with Crippen molar-refractivity contribution in [3.05, 3.63) is 59.7 Å². The molecule has 0 aromatic heterocycles. The van der Waals surface area contributed by atoms with Crippen LogP contribution in [0.15, 0.2) is 48.5 Å². The van der Waals surface area contributed by atoms with Crippen LogP contribution in [0.25, 0.3) is 11.1 Å². The van der Waals surface area contributed by atoms with Gasteiger partial charge in [-0.3, -0.25) is 9.59 Å². The summed E-state index contributed by atoms with van der Waals surface area (Å²) < 4.78 is 44.3. The zero-order chi connectivity index (χ0) is 24.9. The number of carboxylic acids is 1. The van der Waals surface area contributed by atoms with Crippen LogP contribution in [0.2, 0.25) is 0 Å². The van der Waals surface area contributed by atoms with Gasteiger partial charge in [0.25, 0.3) is 0 Å². The minimum Gasteiger partial charge on any atom is -0.481 e. The normalized spacial score (nSPS) is 14.5. The summed E-state index contributed by atoms with van der Waals surface area (Å²) in [5.41, 5.74) is 4.19. The molecule has 7 nitrogen and oxygen atoms in total. The number of rotatable bonds is 9. The maximum absolute atomic E-state index is 13.0. The van der Waals surface area contributed by atoms with Crippen LogP contribution in [0.3, 0.4) is 0 Å². The van der Waals surface area contributed by atoms with E-state index in [4.69, 9.17) is 9.84 Å². The molecule has 0 saturated heterocycles. The molecule has 0 spiro atoms.